The van der Waals surface area contributed by atoms with E-state index in [1.807, 2.05) is 25.1 Å². The summed E-state index contributed by atoms with van der Waals surface area (Å²) in [6, 6.07) is 22.5. The lowest BCUT2D eigenvalue weighted by atomic mass is 10.1. The van der Waals surface area contributed by atoms with Crippen molar-refractivity contribution < 1.29 is 19.1 Å². The predicted octanol–water partition coefficient (Wildman–Crippen LogP) is 4.49. The molecule has 3 aromatic rings. The molecule has 6 heteroatoms. The molecule has 0 spiro atoms. The average Bonchev–Trinajstić information content (AvgIpc) is 2.73. The number of ether oxygens (including phenoxy) is 1. The van der Waals surface area contributed by atoms with Crippen LogP contribution in [0.5, 0.6) is 0 Å². The van der Waals surface area contributed by atoms with Crippen LogP contribution in [0.25, 0.3) is 0 Å². The van der Waals surface area contributed by atoms with Crippen molar-refractivity contribution in [1.29, 1.82) is 0 Å². The predicted molar refractivity (Wildman–Crippen MR) is 115 cm³/mol. The highest BCUT2D eigenvalue weighted by Crippen LogP contribution is 2.23. The topological polar surface area (TPSA) is 84.5 Å². The lowest BCUT2D eigenvalue weighted by Gasteiger charge is -2.18. The Balaban J connectivity index is 1.82. The standard InChI is InChI=1S/C24H22N2O4/c1-16-11-13-20(14-12-16)26-23(28)22(18-7-4-3-5-8-18)30-24(29)19-9-6-10-21(15-19)25-17(2)27/h3-15,22H,1-2H3,(H,25,27)(H,26,28)/t22-/m0/s1. The molecule has 152 valence electrons. The molecule has 0 saturated heterocycles. The van der Waals surface area contributed by atoms with Gasteiger partial charge in [0.15, 0.2) is 0 Å². The van der Waals surface area contributed by atoms with Gasteiger partial charge in [-0.25, -0.2) is 4.79 Å². The highest BCUT2D eigenvalue weighted by molar-refractivity contribution is 5.99. The van der Waals surface area contributed by atoms with Crippen molar-refractivity contribution in [2.75, 3.05) is 10.6 Å². The van der Waals surface area contributed by atoms with E-state index >= 15 is 0 Å². The van der Waals surface area contributed by atoms with Crippen molar-refractivity contribution in [1.82, 2.24) is 0 Å². The van der Waals surface area contributed by atoms with E-state index < -0.39 is 18.0 Å². The van der Waals surface area contributed by atoms with Crippen LogP contribution in [0.3, 0.4) is 0 Å². The molecule has 6 nitrogen and oxygen atoms in total. The number of nitrogens with one attached hydrogen (secondary N) is 2. The summed E-state index contributed by atoms with van der Waals surface area (Å²) in [5, 5.41) is 5.41. The van der Waals surface area contributed by atoms with Crippen LogP contribution in [0.4, 0.5) is 11.4 Å². The van der Waals surface area contributed by atoms with E-state index in [4.69, 9.17) is 4.74 Å². The molecule has 0 aliphatic heterocycles. The molecule has 0 bridgehead atoms. The van der Waals surface area contributed by atoms with Gasteiger partial charge in [-0.15, -0.1) is 0 Å². The normalized spacial score (nSPS) is 11.3. The third-order valence-corrected chi connectivity index (χ3v) is 4.30. The van der Waals surface area contributed by atoms with Crippen molar-refractivity contribution in [2.24, 2.45) is 0 Å². The van der Waals surface area contributed by atoms with Crippen LogP contribution in [-0.2, 0) is 14.3 Å². The summed E-state index contributed by atoms with van der Waals surface area (Å²) >= 11 is 0. The first-order chi connectivity index (χ1) is 14.4. The minimum Gasteiger partial charge on any atom is -0.444 e. The number of rotatable bonds is 6. The second-order valence-electron chi connectivity index (χ2n) is 6.81. The SMILES string of the molecule is CC(=O)Nc1cccc(C(=O)O[C@H](C(=O)Nc2ccc(C)cc2)c2ccccc2)c1. The number of carbonyl (C=O) groups is 3. The summed E-state index contributed by atoms with van der Waals surface area (Å²) in [6.45, 7) is 3.33. The first-order valence-electron chi connectivity index (χ1n) is 9.43. The second-order valence-corrected chi connectivity index (χ2v) is 6.81. The molecule has 2 N–H and O–H groups in total. The number of hydrogen-bond acceptors (Lipinski definition) is 4. The van der Waals surface area contributed by atoms with Gasteiger partial charge in [-0.05, 0) is 37.3 Å². The highest BCUT2D eigenvalue weighted by atomic mass is 16.5. The number of benzene rings is 3. The summed E-state index contributed by atoms with van der Waals surface area (Å²) in [4.78, 5) is 36.9. The Morgan fingerprint density at radius 2 is 1.50 bits per heavy atom. The number of carbonyl (C=O) groups excluding carboxylic acids is 3. The number of anilines is 2. The van der Waals surface area contributed by atoms with E-state index in [1.165, 1.54) is 13.0 Å². The van der Waals surface area contributed by atoms with Crippen LogP contribution in [-0.4, -0.2) is 17.8 Å². The van der Waals surface area contributed by atoms with Gasteiger partial charge < -0.3 is 15.4 Å². The number of aryl methyl sites for hydroxylation is 1. The van der Waals surface area contributed by atoms with Crippen LogP contribution < -0.4 is 10.6 Å². The molecular formula is C24H22N2O4. The van der Waals surface area contributed by atoms with Crippen molar-refractivity contribution in [2.45, 2.75) is 20.0 Å². The van der Waals surface area contributed by atoms with Gasteiger partial charge in [-0.1, -0.05) is 54.1 Å². The first-order valence-corrected chi connectivity index (χ1v) is 9.43. The molecule has 3 aromatic carbocycles. The molecule has 0 aliphatic carbocycles. The minimum atomic E-state index is -1.13. The van der Waals surface area contributed by atoms with Gasteiger partial charge in [-0.3, -0.25) is 9.59 Å². The Morgan fingerprint density at radius 1 is 0.800 bits per heavy atom. The fourth-order valence-electron chi connectivity index (χ4n) is 2.85. The molecule has 0 saturated carbocycles. The summed E-state index contributed by atoms with van der Waals surface area (Å²) in [5.74, 6) is -1.38. The summed E-state index contributed by atoms with van der Waals surface area (Å²) < 4.78 is 5.58. The zero-order chi connectivity index (χ0) is 21.5. The maximum absolute atomic E-state index is 12.9. The van der Waals surface area contributed by atoms with E-state index in [0.717, 1.165) is 5.56 Å². The molecule has 0 aromatic heterocycles. The van der Waals surface area contributed by atoms with Crippen LogP contribution >= 0.6 is 0 Å². The number of amides is 2. The number of esters is 1. The van der Waals surface area contributed by atoms with E-state index in [-0.39, 0.29) is 11.5 Å². The molecule has 3 rings (SSSR count). The fraction of sp³-hybridized carbons (Fsp3) is 0.125. The van der Waals surface area contributed by atoms with Gasteiger partial charge in [0.1, 0.15) is 0 Å². The molecular weight excluding hydrogens is 380 g/mol. The Bertz CT molecular complexity index is 1050. The van der Waals surface area contributed by atoms with Crippen molar-refractivity contribution >= 4 is 29.2 Å². The lowest BCUT2D eigenvalue weighted by Crippen LogP contribution is -2.26. The maximum Gasteiger partial charge on any atom is 0.339 e. The monoisotopic (exact) mass is 402 g/mol. The van der Waals surface area contributed by atoms with E-state index in [0.29, 0.717) is 16.9 Å². The zero-order valence-electron chi connectivity index (χ0n) is 16.7. The first kappa shape index (κ1) is 20.8. The molecule has 0 radical (unpaired) electrons. The average molecular weight is 402 g/mol. The van der Waals surface area contributed by atoms with Crippen molar-refractivity contribution in [3.63, 3.8) is 0 Å². The van der Waals surface area contributed by atoms with Gasteiger partial charge in [0, 0.05) is 23.9 Å². The van der Waals surface area contributed by atoms with Crippen molar-refractivity contribution in [3.8, 4) is 0 Å². The van der Waals surface area contributed by atoms with Crippen LogP contribution in [0.15, 0.2) is 78.9 Å². The highest BCUT2D eigenvalue weighted by Gasteiger charge is 2.26. The zero-order valence-corrected chi connectivity index (χ0v) is 16.7. The van der Waals surface area contributed by atoms with Gasteiger partial charge in [-0.2, -0.15) is 0 Å². The third-order valence-electron chi connectivity index (χ3n) is 4.30. The minimum absolute atomic E-state index is 0.227. The molecule has 30 heavy (non-hydrogen) atoms. The van der Waals surface area contributed by atoms with Crippen LogP contribution in [0.1, 0.15) is 34.5 Å². The molecule has 0 aliphatic rings. The molecule has 0 unspecified atom stereocenters. The van der Waals surface area contributed by atoms with E-state index in [9.17, 15) is 14.4 Å². The molecule has 0 fully saturated rings. The Kier molecular flexibility index (Phi) is 6.60. The van der Waals surface area contributed by atoms with Gasteiger partial charge >= 0.3 is 5.97 Å². The van der Waals surface area contributed by atoms with Gasteiger partial charge in [0.05, 0.1) is 5.56 Å². The summed E-state index contributed by atoms with van der Waals surface area (Å²) in [6.07, 6.45) is -1.13. The Labute approximate surface area is 174 Å². The van der Waals surface area contributed by atoms with Gasteiger partial charge in [0.25, 0.3) is 5.91 Å². The smallest absolute Gasteiger partial charge is 0.339 e. The summed E-state index contributed by atoms with van der Waals surface area (Å²) in [5.41, 5.74) is 2.92. The Morgan fingerprint density at radius 3 is 2.17 bits per heavy atom. The molecule has 2 amide bonds. The van der Waals surface area contributed by atoms with E-state index in [1.54, 1.807) is 54.6 Å². The molecule has 0 heterocycles. The maximum atomic E-state index is 12.9. The Hall–Kier alpha value is -3.93. The van der Waals surface area contributed by atoms with Crippen molar-refractivity contribution in [3.05, 3.63) is 95.6 Å². The molecule has 1 atom stereocenters. The number of hydrogen-bond donors (Lipinski definition) is 2. The third kappa shape index (κ3) is 5.54. The lowest BCUT2D eigenvalue weighted by molar-refractivity contribution is -0.125. The quantitative estimate of drug-likeness (QED) is 0.595. The van der Waals surface area contributed by atoms with Crippen LogP contribution in [0, 0.1) is 6.92 Å². The fourth-order valence-corrected chi connectivity index (χ4v) is 2.85. The summed E-state index contributed by atoms with van der Waals surface area (Å²) in [7, 11) is 0. The van der Waals surface area contributed by atoms with Gasteiger partial charge in [0.2, 0.25) is 12.0 Å². The van der Waals surface area contributed by atoms with Crippen LogP contribution in [0.2, 0.25) is 0 Å². The van der Waals surface area contributed by atoms with E-state index in [2.05, 4.69) is 10.6 Å². The largest absolute Gasteiger partial charge is 0.444 e. The second kappa shape index (κ2) is 9.52.